The molecular weight excluding hydrogens is 620 g/mol. The standard InChI is InChI=1S/C29H32F4N6O7/c1-36(2)23(40)8-6-5-7-22(46-28(45)37(3)4)25(41)35-21-14-34-16-38(26(21)42)15-20-13-18-12-19(30)11-17(9-10-29(31,32)33)24(18)39(20)27(43)44/h6,8,11-14,16,22H,5,7,9-10,15H2,1-4H3,(H,35,41)(H,43,44)/b8-6+/t22-/m0/s1. The molecule has 3 aromatic rings. The van der Waals surface area contributed by atoms with Gasteiger partial charge in [0.2, 0.25) is 5.91 Å². The van der Waals surface area contributed by atoms with Crippen molar-refractivity contribution in [3.05, 3.63) is 70.3 Å². The first-order chi connectivity index (χ1) is 21.5. The van der Waals surface area contributed by atoms with Crippen molar-refractivity contribution in [3.8, 4) is 0 Å². The lowest BCUT2D eigenvalue weighted by Gasteiger charge is -2.19. The Morgan fingerprint density at radius 2 is 1.80 bits per heavy atom. The fourth-order valence-electron chi connectivity index (χ4n) is 4.34. The van der Waals surface area contributed by atoms with Gasteiger partial charge in [-0.2, -0.15) is 13.2 Å². The number of nitrogens with one attached hydrogen (secondary N) is 1. The monoisotopic (exact) mass is 652 g/mol. The number of likely N-dealkylation sites (N-methyl/N-ethyl adjacent to an activating group) is 1. The van der Waals surface area contributed by atoms with E-state index in [0.717, 1.165) is 34.1 Å². The van der Waals surface area contributed by atoms with Crippen molar-refractivity contribution in [2.24, 2.45) is 0 Å². The molecule has 46 heavy (non-hydrogen) atoms. The van der Waals surface area contributed by atoms with Crippen molar-refractivity contribution in [2.45, 2.75) is 44.5 Å². The van der Waals surface area contributed by atoms with E-state index in [1.54, 1.807) is 14.1 Å². The number of carbonyl (C=O) groups excluding carboxylic acids is 3. The number of carbonyl (C=O) groups is 4. The second-order valence-electron chi connectivity index (χ2n) is 10.6. The van der Waals surface area contributed by atoms with E-state index in [9.17, 15) is 46.6 Å². The van der Waals surface area contributed by atoms with E-state index in [0.29, 0.717) is 4.57 Å². The maximum absolute atomic E-state index is 14.3. The normalized spacial score (nSPS) is 12.3. The van der Waals surface area contributed by atoms with Gasteiger partial charge in [-0.05, 0) is 49.1 Å². The number of alkyl halides is 3. The van der Waals surface area contributed by atoms with Gasteiger partial charge in [-0.3, -0.25) is 19.0 Å². The largest absolute Gasteiger partial charge is 0.464 e. The van der Waals surface area contributed by atoms with E-state index >= 15 is 0 Å². The van der Waals surface area contributed by atoms with Crippen molar-refractivity contribution >= 4 is 40.6 Å². The van der Waals surface area contributed by atoms with Gasteiger partial charge >= 0.3 is 18.4 Å². The van der Waals surface area contributed by atoms with Gasteiger partial charge < -0.3 is 25.0 Å². The highest BCUT2D eigenvalue weighted by Crippen LogP contribution is 2.29. The second-order valence-corrected chi connectivity index (χ2v) is 10.6. The Bertz CT molecular complexity index is 1710. The lowest BCUT2D eigenvalue weighted by molar-refractivity contribution is -0.134. The molecule has 248 valence electrons. The third-order valence-corrected chi connectivity index (χ3v) is 6.57. The Balaban J connectivity index is 1.91. The second kappa shape index (κ2) is 14.7. The summed E-state index contributed by atoms with van der Waals surface area (Å²) in [5, 5.41) is 12.3. The van der Waals surface area contributed by atoms with E-state index in [4.69, 9.17) is 4.74 Å². The lowest BCUT2D eigenvalue weighted by Crippen LogP contribution is -2.37. The van der Waals surface area contributed by atoms with Crippen LogP contribution in [0.3, 0.4) is 0 Å². The van der Waals surface area contributed by atoms with Crippen LogP contribution in [0.4, 0.5) is 32.8 Å². The average Bonchev–Trinajstić information content (AvgIpc) is 3.32. The highest BCUT2D eigenvalue weighted by atomic mass is 19.4. The van der Waals surface area contributed by atoms with Crippen LogP contribution in [0.1, 0.15) is 30.5 Å². The molecular formula is C29H32F4N6O7. The summed E-state index contributed by atoms with van der Waals surface area (Å²) in [5.41, 5.74) is -1.64. The number of fused-ring (bicyclic) bond motifs is 1. The van der Waals surface area contributed by atoms with Crippen LogP contribution in [0.5, 0.6) is 0 Å². The van der Waals surface area contributed by atoms with Crippen LogP contribution >= 0.6 is 0 Å². The zero-order valence-corrected chi connectivity index (χ0v) is 25.3. The highest BCUT2D eigenvalue weighted by Gasteiger charge is 2.29. The van der Waals surface area contributed by atoms with Crippen molar-refractivity contribution in [1.29, 1.82) is 0 Å². The van der Waals surface area contributed by atoms with Crippen LogP contribution in [0.15, 0.2) is 47.7 Å². The predicted molar refractivity (Wildman–Crippen MR) is 157 cm³/mol. The van der Waals surface area contributed by atoms with Crippen molar-refractivity contribution in [2.75, 3.05) is 33.5 Å². The summed E-state index contributed by atoms with van der Waals surface area (Å²) in [6.07, 6.45) is -5.43. The first-order valence-electron chi connectivity index (χ1n) is 13.7. The minimum atomic E-state index is -4.57. The summed E-state index contributed by atoms with van der Waals surface area (Å²) >= 11 is 0. The van der Waals surface area contributed by atoms with E-state index < -0.39 is 61.1 Å². The molecule has 3 amide bonds. The summed E-state index contributed by atoms with van der Waals surface area (Å²) in [6.45, 7) is -0.472. The Morgan fingerprint density at radius 1 is 1.11 bits per heavy atom. The number of hydrogen-bond acceptors (Lipinski definition) is 7. The molecule has 1 atom stereocenters. The number of halogens is 4. The van der Waals surface area contributed by atoms with E-state index in [1.807, 2.05) is 0 Å². The summed E-state index contributed by atoms with van der Waals surface area (Å²) in [6, 6.07) is 3.02. The molecule has 0 saturated heterocycles. The van der Waals surface area contributed by atoms with Crippen molar-refractivity contribution < 1.29 is 46.6 Å². The molecule has 3 rings (SSSR count). The fourth-order valence-corrected chi connectivity index (χ4v) is 4.34. The lowest BCUT2D eigenvalue weighted by atomic mass is 10.1. The Morgan fingerprint density at radius 3 is 2.41 bits per heavy atom. The number of allylic oxidation sites excluding steroid dienone is 1. The van der Waals surface area contributed by atoms with Crippen molar-refractivity contribution in [3.63, 3.8) is 0 Å². The quantitative estimate of drug-likeness (QED) is 0.234. The number of anilines is 1. The van der Waals surface area contributed by atoms with Crippen LogP contribution in [-0.4, -0.2) is 93.5 Å². The van der Waals surface area contributed by atoms with Gasteiger partial charge in [-0.25, -0.2) is 23.5 Å². The number of nitrogens with zero attached hydrogens (tertiary/aromatic N) is 5. The SMILES string of the molecule is CN(C)C(=O)/C=C/CC[C@H](OC(=O)N(C)C)C(=O)Nc1cncn(Cc2cc3cc(F)cc(CCC(F)(F)F)c3n2C(=O)O)c1=O. The van der Waals surface area contributed by atoms with Crippen LogP contribution < -0.4 is 10.9 Å². The number of rotatable bonds is 11. The topological polar surface area (TPSA) is 156 Å². The number of amides is 3. The summed E-state index contributed by atoms with van der Waals surface area (Å²) in [7, 11) is 5.91. The van der Waals surface area contributed by atoms with Gasteiger partial charge in [0, 0.05) is 40.0 Å². The zero-order valence-electron chi connectivity index (χ0n) is 25.3. The maximum Gasteiger partial charge on any atom is 0.416 e. The molecule has 0 aliphatic carbocycles. The molecule has 0 bridgehead atoms. The summed E-state index contributed by atoms with van der Waals surface area (Å²) in [4.78, 5) is 68.9. The molecule has 13 nitrogen and oxygen atoms in total. The number of carboxylic acid groups (broad SMARTS) is 1. The van der Waals surface area contributed by atoms with Gasteiger partial charge in [-0.1, -0.05) is 6.08 Å². The van der Waals surface area contributed by atoms with Gasteiger partial charge in [-0.15, -0.1) is 0 Å². The molecule has 1 aromatic carbocycles. The average molecular weight is 653 g/mol. The Labute approximate surface area is 259 Å². The van der Waals surface area contributed by atoms with Crippen molar-refractivity contribution in [1.82, 2.24) is 23.9 Å². The third-order valence-electron chi connectivity index (χ3n) is 6.57. The van der Waals surface area contributed by atoms with E-state index in [2.05, 4.69) is 10.3 Å². The molecule has 17 heteroatoms. The molecule has 0 fully saturated rings. The van der Waals surface area contributed by atoms with Crippen LogP contribution in [0.25, 0.3) is 10.9 Å². The van der Waals surface area contributed by atoms with E-state index in [1.165, 1.54) is 37.2 Å². The molecule has 2 heterocycles. The van der Waals surface area contributed by atoms with E-state index in [-0.39, 0.29) is 46.6 Å². The van der Waals surface area contributed by atoms with Gasteiger partial charge in [0.15, 0.2) is 6.10 Å². The highest BCUT2D eigenvalue weighted by molar-refractivity contribution is 5.95. The number of aryl methyl sites for hydroxylation is 1. The molecule has 0 aliphatic rings. The Hall–Kier alpha value is -5.22. The van der Waals surface area contributed by atoms with Gasteiger partial charge in [0.25, 0.3) is 11.5 Å². The van der Waals surface area contributed by atoms with Crippen LogP contribution in [-0.2, 0) is 27.3 Å². The molecule has 0 spiro atoms. The zero-order chi connectivity index (χ0) is 34.3. The summed E-state index contributed by atoms with van der Waals surface area (Å²) < 4.78 is 59.9. The molecule has 0 aliphatic heterocycles. The number of aromatic nitrogens is 3. The number of ether oxygens (including phenoxy) is 1. The fraction of sp³-hybridized carbons (Fsp3) is 0.379. The van der Waals surface area contributed by atoms with Crippen LogP contribution in [0, 0.1) is 5.82 Å². The van der Waals surface area contributed by atoms with Gasteiger partial charge in [0.1, 0.15) is 11.5 Å². The first-order valence-corrected chi connectivity index (χ1v) is 13.7. The van der Waals surface area contributed by atoms with Crippen LogP contribution in [0.2, 0.25) is 0 Å². The molecule has 2 aromatic heterocycles. The maximum atomic E-state index is 14.3. The Kier molecular flexibility index (Phi) is 11.3. The molecule has 0 saturated carbocycles. The number of benzene rings is 1. The van der Waals surface area contributed by atoms with Gasteiger partial charge in [0.05, 0.1) is 30.3 Å². The minimum Gasteiger partial charge on any atom is -0.464 e. The third kappa shape index (κ3) is 9.15. The molecule has 2 N–H and O–H groups in total. The predicted octanol–water partition coefficient (Wildman–Crippen LogP) is 3.84. The summed E-state index contributed by atoms with van der Waals surface area (Å²) in [5.74, 6) is -2.05. The number of hydrogen-bond donors (Lipinski definition) is 2. The molecule has 0 radical (unpaired) electrons. The first kappa shape index (κ1) is 35.3. The smallest absolute Gasteiger partial charge is 0.416 e. The minimum absolute atomic E-state index is 0.00641. The molecule has 0 unspecified atom stereocenters.